The standard InChI is InChI=1S/C15H22ClNO/c1-4-15(2,3)14(18)17(11-10-16)12-13-8-6-5-7-9-13/h5-9H,4,10-12H2,1-3H3. The van der Waals surface area contributed by atoms with E-state index in [0.29, 0.717) is 19.0 Å². The Morgan fingerprint density at radius 3 is 2.39 bits per heavy atom. The molecule has 0 saturated carbocycles. The van der Waals surface area contributed by atoms with E-state index < -0.39 is 0 Å². The lowest BCUT2D eigenvalue weighted by Gasteiger charge is -2.31. The fraction of sp³-hybridized carbons (Fsp3) is 0.533. The van der Waals surface area contributed by atoms with Crippen LogP contribution in [0.15, 0.2) is 30.3 Å². The first-order chi connectivity index (χ1) is 8.51. The van der Waals surface area contributed by atoms with E-state index in [2.05, 4.69) is 0 Å². The number of halogens is 1. The van der Waals surface area contributed by atoms with Gasteiger partial charge < -0.3 is 4.90 Å². The van der Waals surface area contributed by atoms with Crippen molar-refractivity contribution < 1.29 is 4.79 Å². The van der Waals surface area contributed by atoms with Crippen molar-refractivity contribution in [1.29, 1.82) is 0 Å². The third kappa shape index (κ3) is 4.02. The average molecular weight is 268 g/mol. The Morgan fingerprint density at radius 1 is 1.28 bits per heavy atom. The number of nitrogens with zero attached hydrogens (tertiary/aromatic N) is 1. The molecule has 0 heterocycles. The van der Waals surface area contributed by atoms with Gasteiger partial charge >= 0.3 is 0 Å². The number of hydrogen-bond donors (Lipinski definition) is 0. The highest BCUT2D eigenvalue weighted by Crippen LogP contribution is 2.24. The molecule has 0 aliphatic rings. The third-order valence-corrected chi connectivity index (χ3v) is 3.49. The number of rotatable bonds is 6. The molecule has 0 N–H and O–H groups in total. The van der Waals surface area contributed by atoms with Crippen LogP contribution in [0.3, 0.4) is 0 Å². The lowest BCUT2D eigenvalue weighted by Crippen LogP contribution is -2.41. The smallest absolute Gasteiger partial charge is 0.228 e. The van der Waals surface area contributed by atoms with Crippen LogP contribution in [0.25, 0.3) is 0 Å². The van der Waals surface area contributed by atoms with Crippen LogP contribution in [0.4, 0.5) is 0 Å². The van der Waals surface area contributed by atoms with Gasteiger partial charge in [0.1, 0.15) is 0 Å². The second-order valence-electron chi connectivity index (χ2n) is 5.14. The van der Waals surface area contributed by atoms with Crippen molar-refractivity contribution in [3.05, 3.63) is 35.9 Å². The zero-order chi connectivity index (χ0) is 13.6. The molecule has 1 rings (SSSR count). The third-order valence-electron chi connectivity index (χ3n) is 3.32. The van der Waals surface area contributed by atoms with Crippen molar-refractivity contribution in [3.8, 4) is 0 Å². The fourth-order valence-electron chi connectivity index (χ4n) is 1.74. The lowest BCUT2D eigenvalue weighted by molar-refractivity contribution is -0.140. The average Bonchev–Trinajstić information content (AvgIpc) is 2.38. The molecule has 1 aromatic carbocycles. The number of carbonyl (C=O) groups is 1. The van der Waals surface area contributed by atoms with Gasteiger partial charge in [-0.1, -0.05) is 51.1 Å². The molecule has 18 heavy (non-hydrogen) atoms. The summed E-state index contributed by atoms with van der Waals surface area (Å²) in [6, 6.07) is 10.0. The van der Waals surface area contributed by atoms with Crippen LogP contribution in [-0.4, -0.2) is 23.2 Å². The second-order valence-corrected chi connectivity index (χ2v) is 5.52. The van der Waals surface area contributed by atoms with Gasteiger partial charge in [-0.15, -0.1) is 11.6 Å². The number of carbonyl (C=O) groups excluding carboxylic acids is 1. The number of alkyl halides is 1. The zero-order valence-corrected chi connectivity index (χ0v) is 12.2. The van der Waals surface area contributed by atoms with E-state index in [1.165, 1.54) is 0 Å². The van der Waals surface area contributed by atoms with Gasteiger partial charge in [-0.25, -0.2) is 0 Å². The Morgan fingerprint density at radius 2 is 1.89 bits per heavy atom. The van der Waals surface area contributed by atoms with Gasteiger partial charge in [-0.3, -0.25) is 4.79 Å². The Balaban J connectivity index is 2.80. The molecule has 0 atom stereocenters. The molecule has 0 bridgehead atoms. The van der Waals surface area contributed by atoms with E-state index >= 15 is 0 Å². The molecule has 0 aliphatic carbocycles. The summed E-state index contributed by atoms with van der Waals surface area (Å²) in [6.07, 6.45) is 0.833. The van der Waals surface area contributed by atoms with E-state index in [-0.39, 0.29) is 11.3 Å². The molecule has 2 nitrogen and oxygen atoms in total. The van der Waals surface area contributed by atoms with Gasteiger partial charge in [0.2, 0.25) is 5.91 Å². The first-order valence-corrected chi connectivity index (χ1v) is 6.94. The number of hydrogen-bond acceptors (Lipinski definition) is 1. The van der Waals surface area contributed by atoms with Crippen LogP contribution in [0.2, 0.25) is 0 Å². The summed E-state index contributed by atoms with van der Waals surface area (Å²) in [6.45, 7) is 7.25. The molecule has 100 valence electrons. The Bertz CT molecular complexity index is 375. The summed E-state index contributed by atoms with van der Waals surface area (Å²) in [4.78, 5) is 14.3. The summed E-state index contributed by atoms with van der Waals surface area (Å²) in [5, 5.41) is 0. The van der Waals surface area contributed by atoms with Crippen LogP contribution < -0.4 is 0 Å². The first kappa shape index (κ1) is 15.0. The largest absolute Gasteiger partial charge is 0.337 e. The van der Waals surface area contributed by atoms with Gasteiger partial charge in [-0.05, 0) is 12.0 Å². The summed E-state index contributed by atoms with van der Waals surface area (Å²) < 4.78 is 0. The Kier molecular flexibility index (Phi) is 5.67. The van der Waals surface area contributed by atoms with Gasteiger partial charge in [0.25, 0.3) is 0 Å². The van der Waals surface area contributed by atoms with Gasteiger partial charge in [-0.2, -0.15) is 0 Å². The summed E-state index contributed by atoms with van der Waals surface area (Å²) in [7, 11) is 0. The predicted octanol–water partition coefficient (Wildman–Crippen LogP) is 3.69. The highest BCUT2D eigenvalue weighted by Gasteiger charge is 2.29. The summed E-state index contributed by atoms with van der Waals surface area (Å²) >= 11 is 5.81. The molecule has 0 aromatic heterocycles. The van der Waals surface area contributed by atoms with Gasteiger partial charge in [0.05, 0.1) is 0 Å². The molecule has 1 aromatic rings. The lowest BCUT2D eigenvalue weighted by atomic mass is 9.88. The maximum absolute atomic E-state index is 12.5. The monoisotopic (exact) mass is 267 g/mol. The van der Waals surface area contributed by atoms with Crippen molar-refractivity contribution in [2.75, 3.05) is 12.4 Å². The second kappa shape index (κ2) is 6.79. The minimum atomic E-state index is -0.319. The SMILES string of the molecule is CCC(C)(C)C(=O)N(CCCl)Cc1ccccc1. The molecular formula is C15H22ClNO. The van der Waals surface area contributed by atoms with Crippen LogP contribution in [0.1, 0.15) is 32.8 Å². The topological polar surface area (TPSA) is 20.3 Å². The van der Waals surface area contributed by atoms with E-state index in [1.54, 1.807) is 0 Å². The van der Waals surface area contributed by atoms with Crippen LogP contribution in [-0.2, 0) is 11.3 Å². The van der Waals surface area contributed by atoms with Crippen molar-refractivity contribution in [2.24, 2.45) is 5.41 Å². The Labute approximate surface area is 115 Å². The van der Waals surface area contributed by atoms with Crippen molar-refractivity contribution >= 4 is 17.5 Å². The van der Waals surface area contributed by atoms with Crippen molar-refractivity contribution in [1.82, 2.24) is 4.90 Å². The van der Waals surface area contributed by atoms with Crippen LogP contribution in [0, 0.1) is 5.41 Å². The van der Waals surface area contributed by atoms with E-state index in [1.807, 2.05) is 56.0 Å². The van der Waals surface area contributed by atoms with Crippen molar-refractivity contribution in [2.45, 2.75) is 33.7 Å². The quantitative estimate of drug-likeness (QED) is 0.720. The molecule has 0 radical (unpaired) electrons. The van der Waals surface area contributed by atoms with E-state index in [0.717, 1.165) is 12.0 Å². The predicted molar refractivity (Wildman–Crippen MR) is 76.7 cm³/mol. The molecule has 0 unspecified atom stereocenters. The molecule has 0 fully saturated rings. The first-order valence-electron chi connectivity index (χ1n) is 6.40. The molecule has 0 spiro atoms. The normalized spacial score (nSPS) is 11.3. The highest BCUT2D eigenvalue weighted by atomic mass is 35.5. The van der Waals surface area contributed by atoms with E-state index in [4.69, 9.17) is 11.6 Å². The minimum Gasteiger partial charge on any atom is -0.337 e. The molecular weight excluding hydrogens is 246 g/mol. The Hall–Kier alpha value is -1.02. The summed E-state index contributed by atoms with van der Waals surface area (Å²) in [5.41, 5.74) is 0.823. The number of benzene rings is 1. The molecule has 1 amide bonds. The maximum atomic E-state index is 12.5. The number of amides is 1. The highest BCUT2D eigenvalue weighted by molar-refractivity contribution is 6.18. The summed E-state index contributed by atoms with van der Waals surface area (Å²) in [5.74, 6) is 0.646. The van der Waals surface area contributed by atoms with Crippen LogP contribution >= 0.6 is 11.6 Å². The maximum Gasteiger partial charge on any atom is 0.228 e. The zero-order valence-electron chi connectivity index (χ0n) is 11.4. The van der Waals surface area contributed by atoms with E-state index in [9.17, 15) is 4.79 Å². The van der Waals surface area contributed by atoms with Gasteiger partial charge in [0.15, 0.2) is 0 Å². The van der Waals surface area contributed by atoms with Gasteiger partial charge in [0, 0.05) is 24.4 Å². The molecule has 0 saturated heterocycles. The minimum absolute atomic E-state index is 0.175. The molecule has 3 heteroatoms. The van der Waals surface area contributed by atoms with Crippen LogP contribution in [0.5, 0.6) is 0 Å². The fourth-order valence-corrected chi connectivity index (χ4v) is 1.94. The van der Waals surface area contributed by atoms with Crippen molar-refractivity contribution in [3.63, 3.8) is 0 Å². The molecule has 0 aliphatic heterocycles.